The number of halogens is 1. The number of rotatable bonds is 4. The average molecular weight is 472 g/mol. The Morgan fingerprint density at radius 3 is 2.68 bits per heavy atom. The Hall–Kier alpha value is -0.795. The molecule has 1 heterocycles. The number of fused-ring (bicyclic) bond motifs is 1. The van der Waals surface area contributed by atoms with Gasteiger partial charge in [-0.05, 0) is 31.2 Å². The second-order valence-corrected chi connectivity index (χ2v) is 5.91. The summed E-state index contributed by atoms with van der Waals surface area (Å²) in [7, 11) is 0. The molecule has 7 heteroatoms. The summed E-state index contributed by atoms with van der Waals surface area (Å²) in [5.41, 5.74) is 2.21. The van der Waals surface area contributed by atoms with Gasteiger partial charge in [0, 0.05) is 21.7 Å². The van der Waals surface area contributed by atoms with Crippen LogP contribution in [0.1, 0.15) is 17.3 Å². The first-order valence-corrected chi connectivity index (χ1v) is 8.18. The summed E-state index contributed by atoms with van der Waals surface area (Å²) in [5, 5.41) is 15.7. The molecule has 0 atom stereocenters. The van der Waals surface area contributed by atoms with E-state index >= 15 is 0 Å². The van der Waals surface area contributed by atoms with Crippen LogP contribution in [0, 0.1) is 0 Å². The first-order chi connectivity index (χ1) is 11.6. The normalized spacial score (nSPS) is 10.2. The summed E-state index contributed by atoms with van der Waals surface area (Å²) in [5.74, 6) is -0.628. The molecular weight excluding hydrogens is 458 g/mol. The Labute approximate surface area is 202 Å². The molecule has 122 valence electrons. The molecule has 0 fully saturated rings. The molecule has 1 aromatic heterocycles. The number of carbonyl (C=O) groups is 1. The van der Waals surface area contributed by atoms with Crippen LogP contribution < -0.4 is 68.6 Å². The van der Waals surface area contributed by atoms with Gasteiger partial charge in [0.05, 0.1) is 17.8 Å². The molecule has 0 radical (unpaired) electrons. The molecule has 2 aromatic carbocycles. The zero-order valence-corrected chi connectivity index (χ0v) is 20.4. The van der Waals surface area contributed by atoms with Crippen molar-refractivity contribution in [2.24, 2.45) is 0 Å². The molecule has 0 spiro atoms. The van der Waals surface area contributed by atoms with Crippen molar-refractivity contribution in [3.05, 3.63) is 58.7 Å². The quantitative estimate of drug-likeness (QED) is 0.575. The Morgan fingerprint density at radius 1 is 1.28 bits per heavy atom. The molecule has 3 rings (SSSR count). The number of ether oxygens (including phenoxy) is 1. The molecule has 0 amide bonds. The van der Waals surface area contributed by atoms with Crippen LogP contribution in [0.4, 0.5) is 11.4 Å². The second kappa shape index (κ2) is 9.23. The van der Waals surface area contributed by atoms with Crippen molar-refractivity contribution >= 4 is 44.2 Å². The summed E-state index contributed by atoms with van der Waals surface area (Å²) >= 11 is 3.24. The fourth-order valence-electron chi connectivity index (χ4n) is 2.36. The van der Waals surface area contributed by atoms with Crippen molar-refractivity contribution in [3.63, 3.8) is 0 Å². The fraction of sp³-hybridized carbons (Fsp3) is 0.111. The smallest absolute Gasteiger partial charge is 0.872 e. The van der Waals surface area contributed by atoms with Crippen molar-refractivity contribution in [2.45, 2.75) is 6.92 Å². The van der Waals surface area contributed by atoms with Crippen LogP contribution in [0.5, 0.6) is 5.75 Å². The van der Waals surface area contributed by atoms with Gasteiger partial charge in [-0.15, -0.1) is 0 Å². The van der Waals surface area contributed by atoms with E-state index in [1.165, 1.54) is 12.3 Å². The van der Waals surface area contributed by atoms with E-state index in [4.69, 9.17) is 4.74 Å². The number of carbonyl (C=O) groups excluding carboxylic acids is 1. The van der Waals surface area contributed by atoms with Crippen molar-refractivity contribution in [1.82, 2.24) is 4.98 Å². The third-order valence-corrected chi connectivity index (χ3v) is 4.08. The first-order valence-electron chi connectivity index (χ1n) is 7.38. The number of aromatic nitrogens is 1. The van der Waals surface area contributed by atoms with Gasteiger partial charge in [0.2, 0.25) is 0 Å². The minimum Gasteiger partial charge on any atom is -0.872 e. The van der Waals surface area contributed by atoms with E-state index in [2.05, 4.69) is 26.2 Å². The van der Waals surface area contributed by atoms with E-state index in [1.807, 2.05) is 30.3 Å². The number of hydrogen-bond donors (Lipinski definition) is 1. The van der Waals surface area contributed by atoms with E-state index in [0.29, 0.717) is 26.6 Å². The molecule has 25 heavy (non-hydrogen) atoms. The Morgan fingerprint density at radius 2 is 2.00 bits per heavy atom. The summed E-state index contributed by atoms with van der Waals surface area (Å²) in [6.45, 7) is 2.02. The molecule has 5 nitrogen and oxygen atoms in total. The van der Waals surface area contributed by atoms with Crippen molar-refractivity contribution in [3.8, 4) is 5.75 Å². The number of hydrogen-bond acceptors (Lipinski definition) is 5. The van der Waals surface area contributed by atoms with Gasteiger partial charge in [-0.25, -0.2) is 4.79 Å². The van der Waals surface area contributed by atoms with Crippen LogP contribution >= 0.6 is 15.9 Å². The maximum atomic E-state index is 12.3. The van der Waals surface area contributed by atoms with Gasteiger partial charge in [0.25, 0.3) is 0 Å². The van der Waals surface area contributed by atoms with Crippen LogP contribution in [-0.4, -0.2) is 17.6 Å². The topological polar surface area (TPSA) is 74.3 Å². The van der Waals surface area contributed by atoms with Gasteiger partial charge in [0.1, 0.15) is 5.56 Å². The summed E-state index contributed by atoms with van der Waals surface area (Å²) in [4.78, 5) is 16.5. The minimum atomic E-state index is -0.465. The molecule has 0 aliphatic heterocycles. The van der Waals surface area contributed by atoms with Crippen molar-refractivity contribution in [2.75, 3.05) is 11.9 Å². The van der Waals surface area contributed by atoms with Gasteiger partial charge >= 0.3 is 64.2 Å². The number of nitrogens with one attached hydrogen (secondary N) is 1. The monoisotopic (exact) mass is 470 g/mol. The fourth-order valence-corrected chi connectivity index (χ4v) is 2.70. The summed E-state index contributed by atoms with van der Waals surface area (Å²) < 4.78 is 5.53. The Bertz CT molecular complexity index is 904. The Balaban J connectivity index is 0.00000225. The maximum absolute atomic E-state index is 12.3. The van der Waals surface area contributed by atoms with Crippen LogP contribution in [-0.2, 0) is 4.74 Å². The Kier molecular flexibility index (Phi) is 7.58. The first kappa shape index (κ1) is 20.5. The molecule has 0 bridgehead atoms. The van der Waals surface area contributed by atoms with Gasteiger partial charge in [-0.1, -0.05) is 39.9 Å². The standard InChI is InChI=1S/C18H15BrN2O3.Rb/c1-2-24-18(23)13-10-20-15-9-16(22)14(19)8-12(15)17(13)21-11-6-4-3-5-7-11;/h3-10,22H,2H2,1H3,(H,20,21);/q;+1/p-1. The predicted octanol–water partition coefficient (Wildman–Crippen LogP) is 0.995. The van der Waals surface area contributed by atoms with Crippen LogP contribution in [0.15, 0.2) is 53.1 Å². The zero-order chi connectivity index (χ0) is 17.1. The van der Waals surface area contributed by atoms with Gasteiger partial charge in [-0.3, -0.25) is 4.98 Å². The SMILES string of the molecule is CCOC(=O)c1cnc2cc([O-])c(Br)cc2c1Nc1ccccc1.[Rb+]. The van der Waals surface area contributed by atoms with Gasteiger partial charge in [-0.2, -0.15) is 0 Å². The molecule has 0 aliphatic rings. The molecular formula is C18H14BrN2O3Rb. The molecule has 1 N–H and O–H groups in total. The van der Waals surface area contributed by atoms with Crippen LogP contribution in [0.25, 0.3) is 10.9 Å². The van der Waals surface area contributed by atoms with Crippen molar-refractivity contribution in [1.29, 1.82) is 0 Å². The molecule has 0 aliphatic carbocycles. The minimum absolute atomic E-state index is 0. The molecule has 0 saturated heterocycles. The van der Waals surface area contributed by atoms with E-state index in [1.54, 1.807) is 13.0 Å². The van der Waals surface area contributed by atoms with Gasteiger partial charge < -0.3 is 15.2 Å². The number of pyridine rings is 1. The molecule has 3 aromatic rings. The number of benzene rings is 2. The van der Waals surface area contributed by atoms with E-state index < -0.39 is 5.97 Å². The number of para-hydroxylation sites is 1. The van der Waals surface area contributed by atoms with Gasteiger partial charge in [0.15, 0.2) is 0 Å². The van der Waals surface area contributed by atoms with E-state index in [-0.39, 0.29) is 70.5 Å². The number of anilines is 2. The predicted molar refractivity (Wildman–Crippen MR) is 94.6 cm³/mol. The largest absolute Gasteiger partial charge is 1.00 e. The average Bonchev–Trinajstić information content (AvgIpc) is 2.58. The van der Waals surface area contributed by atoms with Crippen molar-refractivity contribution < 1.29 is 72.8 Å². The number of esters is 1. The van der Waals surface area contributed by atoms with E-state index in [9.17, 15) is 9.90 Å². The number of nitrogens with zero attached hydrogens (tertiary/aromatic N) is 1. The summed E-state index contributed by atoms with van der Waals surface area (Å²) in [6.07, 6.45) is 1.43. The zero-order valence-electron chi connectivity index (χ0n) is 13.9. The second-order valence-electron chi connectivity index (χ2n) is 5.06. The van der Waals surface area contributed by atoms with E-state index in [0.717, 1.165) is 5.69 Å². The van der Waals surface area contributed by atoms with Crippen LogP contribution in [0.3, 0.4) is 0 Å². The van der Waals surface area contributed by atoms with Crippen LogP contribution in [0.2, 0.25) is 0 Å². The maximum Gasteiger partial charge on any atom is 1.00 e. The summed E-state index contributed by atoms with van der Waals surface area (Å²) in [6, 6.07) is 12.6. The molecule has 0 saturated carbocycles. The third kappa shape index (κ3) is 4.68. The molecule has 0 unspecified atom stereocenters. The third-order valence-electron chi connectivity index (χ3n) is 3.46.